The molecule has 0 aromatic heterocycles. The number of anilines is 2. The first kappa shape index (κ1) is 14.9. The van der Waals surface area contributed by atoms with Crippen LogP contribution in [-0.4, -0.2) is 26.2 Å². The predicted octanol–water partition coefficient (Wildman–Crippen LogP) is 3.26. The molecule has 0 atom stereocenters. The summed E-state index contributed by atoms with van der Waals surface area (Å²) in [6.45, 7) is 1.14. The highest BCUT2D eigenvalue weighted by molar-refractivity contribution is 5.91. The summed E-state index contributed by atoms with van der Waals surface area (Å²) in [6, 6.07) is 7.84. The lowest BCUT2D eigenvalue weighted by atomic mass is 9.89. The average molecular weight is 276 g/mol. The molecule has 0 radical (unpaired) electrons. The highest BCUT2D eigenvalue weighted by atomic mass is 16.5. The van der Waals surface area contributed by atoms with Crippen LogP contribution in [0.2, 0.25) is 0 Å². The molecule has 4 heteroatoms. The monoisotopic (exact) mass is 276 g/mol. The molecule has 1 aliphatic carbocycles. The molecule has 4 nitrogen and oxygen atoms in total. The lowest BCUT2D eigenvalue weighted by Gasteiger charge is -2.22. The van der Waals surface area contributed by atoms with Crippen molar-refractivity contribution in [1.29, 1.82) is 0 Å². The van der Waals surface area contributed by atoms with Crippen molar-refractivity contribution in [2.24, 2.45) is 5.92 Å². The molecule has 1 fully saturated rings. The molecule has 1 amide bonds. The number of benzene rings is 1. The van der Waals surface area contributed by atoms with Crippen molar-refractivity contribution in [2.45, 2.75) is 32.1 Å². The minimum absolute atomic E-state index is 0.0850. The van der Waals surface area contributed by atoms with E-state index in [1.54, 1.807) is 0 Å². The van der Waals surface area contributed by atoms with E-state index in [1.165, 1.54) is 39.2 Å². The van der Waals surface area contributed by atoms with Gasteiger partial charge in [-0.1, -0.05) is 19.3 Å². The molecule has 1 saturated carbocycles. The zero-order valence-corrected chi connectivity index (χ0v) is 12.2. The third-order valence-electron chi connectivity index (χ3n) is 3.76. The number of carbonyl (C=O) groups is 1. The molecule has 0 saturated heterocycles. The van der Waals surface area contributed by atoms with E-state index in [0.29, 0.717) is 0 Å². The third kappa shape index (κ3) is 4.85. The van der Waals surface area contributed by atoms with Gasteiger partial charge in [-0.05, 0) is 43.0 Å². The second-order valence-corrected chi connectivity index (χ2v) is 5.44. The van der Waals surface area contributed by atoms with Crippen LogP contribution in [0.4, 0.5) is 11.4 Å². The standard InChI is InChI=1S/C16H24N2O2/c1-20-12-16(19)18-15-9-7-14(8-10-15)17-11-13-5-3-2-4-6-13/h7-10,13,17H,2-6,11-12H2,1H3,(H,18,19). The summed E-state index contributed by atoms with van der Waals surface area (Å²) in [4.78, 5) is 11.4. The largest absolute Gasteiger partial charge is 0.385 e. The predicted molar refractivity (Wildman–Crippen MR) is 82.0 cm³/mol. The van der Waals surface area contributed by atoms with Gasteiger partial charge in [0, 0.05) is 25.0 Å². The van der Waals surface area contributed by atoms with E-state index in [2.05, 4.69) is 10.6 Å². The van der Waals surface area contributed by atoms with E-state index in [-0.39, 0.29) is 12.5 Å². The van der Waals surface area contributed by atoms with Crippen molar-refractivity contribution >= 4 is 17.3 Å². The zero-order chi connectivity index (χ0) is 14.2. The van der Waals surface area contributed by atoms with Crippen molar-refractivity contribution in [2.75, 3.05) is 30.9 Å². The molecule has 0 aliphatic heterocycles. The molecular formula is C16H24N2O2. The molecule has 0 unspecified atom stereocenters. The Morgan fingerprint density at radius 3 is 2.45 bits per heavy atom. The summed E-state index contributed by atoms with van der Waals surface area (Å²) in [5.74, 6) is 0.681. The maximum Gasteiger partial charge on any atom is 0.250 e. The summed E-state index contributed by atoms with van der Waals surface area (Å²) in [7, 11) is 1.51. The smallest absolute Gasteiger partial charge is 0.250 e. The summed E-state index contributed by atoms with van der Waals surface area (Å²) in [5, 5.41) is 6.27. The molecular weight excluding hydrogens is 252 g/mol. The van der Waals surface area contributed by atoms with Gasteiger partial charge in [-0.25, -0.2) is 0 Å². The van der Waals surface area contributed by atoms with Crippen LogP contribution in [0.1, 0.15) is 32.1 Å². The fraction of sp³-hybridized carbons (Fsp3) is 0.562. The number of hydrogen-bond donors (Lipinski definition) is 2. The second kappa shape index (κ2) is 7.90. The van der Waals surface area contributed by atoms with Crippen LogP contribution in [0.15, 0.2) is 24.3 Å². The van der Waals surface area contributed by atoms with Gasteiger partial charge in [0.1, 0.15) is 6.61 Å². The molecule has 0 spiro atoms. The highest BCUT2D eigenvalue weighted by Gasteiger charge is 2.12. The minimum Gasteiger partial charge on any atom is -0.385 e. The maximum atomic E-state index is 11.4. The van der Waals surface area contributed by atoms with Crippen LogP contribution in [-0.2, 0) is 9.53 Å². The molecule has 0 heterocycles. The number of hydrogen-bond acceptors (Lipinski definition) is 3. The van der Waals surface area contributed by atoms with Crippen molar-refractivity contribution in [3.8, 4) is 0 Å². The Morgan fingerprint density at radius 2 is 1.80 bits per heavy atom. The minimum atomic E-state index is -0.129. The molecule has 1 aromatic carbocycles. The lowest BCUT2D eigenvalue weighted by molar-refractivity contribution is -0.119. The van der Waals surface area contributed by atoms with Gasteiger partial charge < -0.3 is 15.4 Å². The molecule has 0 bridgehead atoms. The van der Waals surface area contributed by atoms with Crippen molar-refractivity contribution in [1.82, 2.24) is 0 Å². The number of methoxy groups -OCH3 is 1. The SMILES string of the molecule is COCC(=O)Nc1ccc(NCC2CCCCC2)cc1. The van der Waals surface area contributed by atoms with Crippen LogP contribution >= 0.6 is 0 Å². The molecule has 110 valence electrons. The van der Waals surface area contributed by atoms with Gasteiger partial charge >= 0.3 is 0 Å². The maximum absolute atomic E-state index is 11.4. The number of nitrogens with one attached hydrogen (secondary N) is 2. The first-order valence-corrected chi connectivity index (χ1v) is 7.40. The number of carbonyl (C=O) groups excluding carboxylic acids is 1. The van der Waals surface area contributed by atoms with Crippen LogP contribution in [0.5, 0.6) is 0 Å². The lowest BCUT2D eigenvalue weighted by Crippen LogP contribution is -2.18. The topological polar surface area (TPSA) is 50.4 Å². The van der Waals surface area contributed by atoms with E-state index in [4.69, 9.17) is 4.74 Å². The van der Waals surface area contributed by atoms with Crippen LogP contribution < -0.4 is 10.6 Å². The average Bonchev–Trinajstić information content (AvgIpc) is 2.48. The number of rotatable bonds is 6. The van der Waals surface area contributed by atoms with Crippen LogP contribution in [0.25, 0.3) is 0 Å². The van der Waals surface area contributed by atoms with Crippen LogP contribution in [0, 0.1) is 5.92 Å². The fourth-order valence-corrected chi connectivity index (χ4v) is 2.65. The summed E-state index contributed by atoms with van der Waals surface area (Å²) in [6.07, 6.45) is 6.83. The van der Waals surface area contributed by atoms with Crippen molar-refractivity contribution in [3.63, 3.8) is 0 Å². The highest BCUT2D eigenvalue weighted by Crippen LogP contribution is 2.24. The Morgan fingerprint density at radius 1 is 1.15 bits per heavy atom. The van der Waals surface area contributed by atoms with E-state index in [9.17, 15) is 4.79 Å². The Bertz CT molecular complexity index is 411. The fourth-order valence-electron chi connectivity index (χ4n) is 2.65. The summed E-state index contributed by atoms with van der Waals surface area (Å²) in [5.41, 5.74) is 1.91. The first-order valence-electron chi connectivity index (χ1n) is 7.40. The summed E-state index contributed by atoms with van der Waals surface area (Å²) < 4.78 is 4.78. The second-order valence-electron chi connectivity index (χ2n) is 5.44. The van der Waals surface area contributed by atoms with Gasteiger partial charge in [0.05, 0.1) is 0 Å². The molecule has 1 aliphatic rings. The third-order valence-corrected chi connectivity index (χ3v) is 3.76. The van der Waals surface area contributed by atoms with E-state index < -0.39 is 0 Å². The normalized spacial score (nSPS) is 15.8. The van der Waals surface area contributed by atoms with Gasteiger partial charge in [-0.2, -0.15) is 0 Å². The van der Waals surface area contributed by atoms with Crippen molar-refractivity contribution in [3.05, 3.63) is 24.3 Å². The molecule has 20 heavy (non-hydrogen) atoms. The Labute approximate surface area is 120 Å². The quantitative estimate of drug-likeness (QED) is 0.838. The zero-order valence-electron chi connectivity index (χ0n) is 12.2. The van der Waals surface area contributed by atoms with E-state index in [0.717, 1.165) is 23.8 Å². The number of amides is 1. The Balaban J connectivity index is 1.77. The number of ether oxygens (including phenoxy) is 1. The van der Waals surface area contributed by atoms with Gasteiger partial charge in [0.25, 0.3) is 0 Å². The molecule has 2 N–H and O–H groups in total. The Hall–Kier alpha value is -1.55. The first-order chi connectivity index (χ1) is 9.78. The van der Waals surface area contributed by atoms with Gasteiger partial charge in [-0.3, -0.25) is 4.79 Å². The van der Waals surface area contributed by atoms with Gasteiger partial charge in [-0.15, -0.1) is 0 Å². The molecule has 1 aromatic rings. The molecule has 2 rings (SSSR count). The van der Waals surface area contributed by atoms with Gasteiger partial charge in [0.15, 0.2) is 0 Å². The van der Waals surface area contributed by atoms with Crippen molar-refractivity contribution < 1.29 is 9.53 Å². The summed E-state index contributed by atoms with van der Waals surface area (Å²) >= 11 is 0. The van der Waals surface area contributed by atoms with E-state index >= 15 is 0 Å². The van der Waals surface area contributed by atoms with Gasteiger partial charge in [0.2, 0.25) is 5.91 Å². The van der Waals surface area contributed by atoms with Crippen LogP contribution in [0.3, 0.4) is 0 Å². The Kier molecular flexibility index (Phi) is 5.87. The van der Waals surface area contributed by atoms with E-state index in [1.807, 2.05) is 24.3 Å².